The van der Waals surface area contributed by atoms with E-state index in [4.69, 9.17) is 5.73 Å². The van der Waals surface area contributed by atoms with E-state index in [2.05, 4.69) is 20.8 Å². The molecular formula is C14H29N. The van der Waals surface area contributed by atoms with Gasteiger partial charge < -0.3 is 5.73 Å². The zero-order valence-corrected chi connectivity index (χ0v) is 10.9. The summed E-state index contributed by atoms with van der Waals surface area (Å²) in [7, 11) is 0. The minimum absolute atomic E-state index is 0.164. The Balaban J connectivity index is 2.71. The fourth-order valence-corrected chi connectivity index (χ4v) is 3.54. The summed E-state index contributed by atoms with van der Waals surface area (Å²) in [5.74, 6) is 1.56. The first kappa shape index (κ1) is 13.0. The molecule has 1 nitrogen and oxygen atoms in total. The van der Waals surface area contributed by atoms with E-state index in [1.807, 2.05) is 0 Å². The average molecular weight is 211 g/mol. The van der Waals surface area contributed by atoms with Crippen LogP contribution in [0.4, 0.5) is 0 Å². The number of hydrogen-bond acceptors (Lipinski definition) is 1. The van der Waals surface area contributed by atoms with Gasteiger partial charge in [-0.05, 0) is 31.1 Å². The SMILES string of the molecule is CCCCC1(N)C(CC)CCCC1CC. The predicted molar refractivity (Wildman–Crippen MR) is 67.9 cm³/mol. The van der Waals surface area contributed by atoms with E-state index in [0.717, 1.165) is 11.8 Å². The van der Waals surface area contributed by atoms with Crippen molar-refractivity contribution in [3.05, 3.63) is 0 Å². The Morgan fingerprint density at radius 2 is 1.60 bits per heavy atom. The van der Waals surface area contributed by atoms with E-state index in [9.17, 15) is 0 Å². The standard InChI is InChI=1S/C14H29N/c1-4-7-11-14(15)12(5-2)9-8-10-13(14)6-3/h12-13H,4-11,15H2,1-3H3. The Bertz CT molecular complexity index is 164. The van der Waals surface area contributed by atoms with Gasteiger partial charge in [0, 0.05) is 5.54 Å². The third kappa shape index (κ3) is 2.75. The molecule has 0 bridgehead atoms. The molecule has 0 aromatic carbocycles. The van der Waals surface area contributed by atoms with Crippen molar-refractivity contribution in [2.24, 2.45) is 17.6 Å². The van der Waals surface area contributed by atoms with Gasteiger partial charge in [-0.1, -0.05) is 52.9 Å². The third-order valence-corrected chi connectivity index (χ3v) is 4.57. The summed E-state index contributed by atoms with van der Waals surface area (Å²) in [6, 6.07) is 0. The van der Waals surface area contributed by atoms with Gasteiger partial charge in [0.2, 0.25) is 0 Å². The van der Waals surface area contributed by atoms with Crippen LogP contribution in [0.1, 0.15) is 72.1 Å². The Morgan fingerprint density at radius 1 is 1.07 bits per heavy atom. The number of unbranched alkanes of at least 4 members (excludes halogenated alkanes) is 1. The van der Waals surface area contributed by atoms with Crippen LogP contribution in [-0.4, -0.2) is 5.54 Å². The van der Waals surface area contributed by atoms with E-state index in [0.29, 0.717) is 0 Å². The summed E-state index contributed by atoms with van der Waals surface area (Å²) in [5, 5.41) is 0. The molecule has 1 fully saturated rings. The highest BCUT2D eigenvalue weighted by atomic mass is 14.8. The molecule has 0 saturated heterocycles. The molecular weight excluding hydrogens is 182 g/mol. The van der Waals surface area contributed by atoms with Crippen LogP contribution < -0.4 is 5.73 Å². The molecule has 0 radical (unpaired) electrons. The lowest BCUT2D eigenvalue weighted by molar-refractivity contribution is 0.0916. The first-order valence-electron chi connectivity index (χ1n) is 6.97. The molecule has 1 rings (SSSR count). The van der Waals surface area contributed by atoms with Crippen LogP contribution in [0.15, 0.2) is 0 Å². The fourth-order valence-electron chi connectivity index (χ4n) is 3.54. The van der Waals surface area contributed by atoms with Crippen molar-refractivity contribution in [2.45, 2.75) is 77.7 Å². The summed E-state index contributed by atoms with van der Waals surface area (Å²) in [6.07, 6.45) is 10.5. The largest absolute Gasteiger partial charge is 0.325 e. The molecule has 0 amide bonds. The Kier molecular flexibility index (Phi) is 5.11. The summed E-state index contributed by atoms with van der Waals surface area (Å²) in [6.45, 7) is 6.90. The van der Waals surface area contributed by atoms with Gasteiger partial charge >= 0.3 is 0 Å². The van der Waals surface area contributed by atoms with Gasteiger partial charge in [-0.15, -0.1) is 0 Å². The van der Waals surface area contributed by atoms with E-state index in [1.165, 1.54) is 51.4 Å². The van der Waals surface area contributed by atoms with E-state index < -0.39 is 0 Å². The second kappa shape index (κ2) is 5.89. The Hall–Kier alpha value is -0.0400. The van der Waals surface area contributed by atoms with Crippen LogP contribution in [0, 0.1) is 11.8 Å². The lowest BCUT2D eigenvalue weighted by Crippen LogP contribution is -2.55. The average Bonchev–Trinajstić information content (AvgIpc) is 2.26. The molecule has 1 heteroatoms. The lowest BCUT2D eigenvalue weighted by Gasteiger charge is -2.47. The maximum Gasteiger partial charge on any atom is 0.0211 e. The smallest absolute Gasteiger partial charge is 0.0211 e. The van der Waals surface area contributed by atoms with Crippen molar-refractivity contribution in [3.8, 4) is 0 Å². The zero-order valence-electron chi connectivity index (χ0n) is 10.9. The summed E-state index contributed by atoms with van der Waals surface area (Å²) >= 11 is 0. The first-order chi connectivity index (χ1) is 7.19. The Morgan fingerprint density at radius 3 is 2.00 bits per heavy atom. The Labute approximate surface area is 95.8 Å². The molecule has 90 valence electrons. The monoisotopic (exact) mass is 211 g/mol. The molecule has 0 aromatic rings. The van der Waals surface area contributed by atoms with Crippen LogP contribution in [0.5, 0.6) is 0 Å². The molecule has 0 aliphatic heterocycles. The van der Waals surface area contributed by atoms with Crippen molar-refractivity contribution in [1.82, 2.24) is 0 Å². The van der Waals surface area contributed by atoms with Gasteiger partial charge in [0.15, 0.2) is 0 Å². The van der Waals surface area contributed by atoms with E-state index in [1.54, 1.807) is 0 Å². The first-order valence-corrected chi connectivity index (χ1v) is 6.97. The van der Waals surface area contributed by atoms with Crippen LogP contribution >= 0.6 is 0 Å². The van der Waals surface area contributed by atoms with Crippen molar-refractivity contribution < 1.29 is 0 Å². The van der Waals surface area contributed by atoms with Crippen molar-refractivity contribution in [1.29, 1.82) is 0 Å². The normalized spacial score (nSPS) is 36.8. The number of nitrogens with two attached hydrogens (primary N) is 1. The van der Waals surface area contributed by atoms with Crippen LogP contribution in [0.25, 0.3) is 0 Å². The topological polar surface area (TPSA) is 26.0 Å². The van der Waals surface area contributed by atoms with Crippen LogP contribution in [0.2, 0.25) is 0 Å². The zero-order chi connectivity index (χ0) is 11.3. The lowest BCUT2D eigenvalue weighted by atomic mass is 9.62. The molecule has 0 aromatic heterocycles. The van der Waals surface area contributed by atoms with Gasteiger partial charge in [0.25, 0.3) is 0 Å². The fraction of sp³-hybridized carbons (Fsp3) is 1.00. The third-order valence-electron chi connectivity index (χ3n) is 4.57. The predicted octanol–water partition coefficient (Wildman–Crippen LogP) is 4.11. The molecule has 15 heavy (non-hydrogen) atoms. The van der Waals surface area contributed by atoms with Crippen LogP contribution in [-0.2, 0) is 0 Å². The minimum atomic E-state index is 0.164. The highest BCUT2D eigenvalue weighted by molar-refractivity contribution is 4.98. The van der Waals surface area contributed by atoms with Gasteiger partial charge in [-0.2, -0.15) is 0 Å². The summed E-state index contributed by atoms with van der Waals surface area (Å²) in [4.78, 5) is 0. The molecule has 1 saturated carbocycles. The highest BCUT2D eigenvalue weighted by Crippen LogP contribution is 2.42. The van der Waals surface area contributed by atoms with Crippen LogP contribution in [0.3, 0.4) is 0 Å². The molecule has 1 aliphatic rings. The molecule has 2 N–H and O–H groups in total. The molecule has 2 unspecified atom stereocenters. The van der Waals surface area contributed by atoms with Gasteiger partial charge in [0.05, 0.1) is 0 Å². The van der Waals surface area contributed by atoms with Crippen molar-refractivity contribution in [2.75, 3.05) is 0 Å². The maximum absolute atomic E-state index is 6.75. The molecule has 1 aliphatic carbocycles. The molecule has 2 atom stereocenters. The second-order valence-corrected chi connectivity index (χ2v) is 5.36. The number of rotatable bonds is 5. The quantitative estimate of drug-likeness (QED) is 0.727. The molecule has 0 spiro atoms. The van der Waals surface area contributed by atoms with Crippen molar-refractivity contribution in [3.63, 3.8) is 0 Å². The molecule has 0 heterocycles. The van der Waals surface area contributed by atoms with E-state index in [-0.39, 0.29) is 5.54 Å². The van der Waals surface area contributed by atoms with Gasteiger partial charge in [-0.25, -0.2) is 0 Å². The van der Waals surface area contributed by atoms with Gasteiger partial charge in [-0.3, -0.25) is 0 Å². The van der Waals surface area contributed by atoms with Crippen molar-refractivity contribution >= 4 is 0 Å². The van der Waals surface area contributed by atoms with Gasteiger partial charge in [0.1, 0.15) is 0 Å². The highest BCUT2D eigenvalue weighted by Gasteiger charge is 2.41. The summed E-state index contributed by atoms with van der Waals surface area (Å²) < 4.78 is 0. The maximum atomic E-state index is 6.75. The second-order valence-electron chi connectivity index (χ2n) is 5.36. The minimum Gasteiger partial charge on any atom is -0.325 e. The summed E-state index contributed by atoms with van der Waals surface area (Å²) in [5.41, 5.74) is 6.92. The van der Waals surface area contributed by atoms with E-state index >= 15 is 0 Å². The number of hydrogen-bond donors (Lipinski definition) is 1.